The van der Waals surface area contributed by atoms with Crippen LogP contribution in [0.25, 0.3) is 0 Å². The van der Waals surface area contributed by atoms with E-state index in [1.807, 2.05) is 4.90 Å². The van der Waals surface area contributed by atoms with Crippen molar-refractivity contribution in [1.29, 1.82) is 0 Å². The van der Waals surface area contributed by atoms with E-state index in [2.05, 4.69) is 10.6 Å². The molecule has 7 heteroatoms. The van der Waals surface area contributed by atoms with E-state index in [1.54, 1.807) is 4.90 Å². The molecule has 3 aliphatic rings. The lowest BCUT2D eigenvalue weighted by Gasteiger charge is -2.31. The van der Waals surface area contributed by atoms with E-state index in [1.165, 1.54) is 6.42 Å². The predicted octanol–water partition coefficient (Wildman–Crippen LogP) is -0.124. The van der Waals surface area contributed by atoms with E-state index in [0.717, 1.165) is 25.9 Å². The monoisotopic (exact) mass is 266 g/mol. The number of carbonyl (C=O) groups excluding carboxylic acids is 3. The maximum Gasteiger partial charge on any atom is 0.322 e. The second-order valence-corrected chi connectivity index (χ2v) is 5.49. The van der Waals surface area contributed by atoms with Crippen LogP contribution in [0.15, 0.2) is 0 Å². The first-order chi connectivity index (χ1) is 9.11. The highest BCUT2D eigenvalue weighted by Crippen LogP contribution is 2.26. The van der Waals surface area contributed by atoms with Gasteiger partial charge in [-0.1, -0.05) is 0 Å². The number of hydrogen-bond acceptors (Lipinski definition) is 3. The lowest BCUT2D eigenvalue weighted by Crippen LogP contribution is -2.51. The Kier molecular flexibility index (Phi) is 2.83. The van der Waals surface area contributed by atoms with Crippen LogP contribution >= 0.6 is 0 Å². The molecule has 3 heterocycles. The molecule has 0 aliphatic carbocycles. The summed E-state index contributed by atoms with van der Waals surface area (Å²) in [7, 11) is 0. The van der Waals surface area contributed by atoms with Crippen molar-refractivity contribution < 1.29 is 14.4 Å². The fourth-order valence-electron chi connectivity index (χ4n) is 3.07. The van der Waals surface area contributed by atoms with Gasteiger partial charge in [-0.3, -0.25) is 10.1 Å². The Bertz CT molecular complexity index is 433. The molecule has 104 valence electrons. The number of urea groups is 2. The molecule has 1 spiro atoms. The van der Waals surface area contributed by atoms with Gasteiger partial charge in [-0.2, -0.15) is 0 Å². The van der Waals surface area contributed by atoms with Crippen LogP contribution in [-0.2, 0) is 4.79 Å². The van der Waals surface area contributed by atoms with Gasteiger partial charge in [0.25, 0.3) is 5.91 Å². The molecule has 5 amide bonds. The van der Waals surface area contributed by atoms with Gasteiger partial charge in [0.15, 0.2) is 0 Å². The average Bonchev–Trinajstić information content (AvgIpc) is 2.95. The van der Waals surface area contributed by atoms with E-state index in [9.17, 15) is 14.4 Å². The minimum atomic E-state index is -0.900. The topological polar surface area (TPSA) is 81.8 Å². The number of imide groups is 1. The van der Waals surface area contributed by atoms with Crippen LogP contribution in [-0.4, -0.2) is 59.5 Å². The van der Waals surface area contributed by atoms with Gasteiger partial charge in [0.1, 0.15) is 5.54 Å². The molecule has 0 radical (unpaired) electrons. The van der Waals surface area contributed by atoms with Gasteiger partial charge in [0.2, 0.25) is 0 Å². The maximum absolute atomic E-state index is 12.3. The number of hydrogen-bond donors (Lipinski definition) is 2. The maximum atomic E-state index is 12.3. The minimum Gasteiger partial charge on any atom is -0.325 e. The summed E-state index contributed by atoms with van der Waals surface area (Å²) in [6.45, 7) is 2.38. The number of rotatable bonds is 0. The Balaban J connectivity index is 1.67. The van der Waals surface area contributed by atoms with E-state index in [4.69, 9.17) is 0 Å². The van der Waals surface area contributed by atoms with Gasteiger partial charge >= 0.3 is 12.1 Å². The molecule has 1 unspecified atom stereocenters. The molecular formula is C12H18N4O3. The Morgan fingerprint density at radius 1 is 1.05 bits per heavy atom. The summed E-state index contributed by atoms with van der Waals surface area (Å²) in [6.07, 6.45) is 3.75. The first-order valence-corrected chi connectivity index (χ1v) is 6.78. The lowest BCUT2D eigenvalue weighted by atomic mass is 10.00. The number of nitrogens with one attached hydrogen (secondary N) is 2. The number of piperidine rings is 1. The van der Waals surface area contributed by atoms with Gasteiger partial charge in [-0.25, -0.2) is 9.59 Å². The van der Waals surface area contributed by atoms with Crippen LogP contribution in [0.4, 0.5) is 9.59 Å². The molecule has 1 atom stereocenters. The summed E-state index contributed by atoms with van der Waals surface area (Å²) < 4.78 is 0. The van der Waals surface area contributed by atoms with Crippen LogP contribution in [0.2, 0.25) is 0 Å². The molecule has 3 fully saturated rings. The number of likely N-dealkylation sites (tertiary alicyclic amines) is 2. The van der Waals surface area contributed by atoms with Gasteiger partial charge in [0, 0.05) is 19.6 Å². The van der Waals surface area contributed by atoms with Crippen molar-refractivity contribution in [3.8, 4) is 0 Å². The molecule has 3 aliphatic heterocycles. The van der Waals surface area contributed by atoms with E-state index in [0.29, 0.717) is 13.0 Å². The van der Waals surface area contributed by atoms with Gasteiger partial charge in [0.05, 0.1) is 6.54 Å². The first-order valence-electron chi connectivity index (χ1n) is 6.78. The highest BCUT2D eigenvalue weighted by molar-refractivity contribution is 6.07. The third-order valence-corrected chi connectivity index (χ3v) is 4.18. The van der Waals surface area contributed by atoms with Gasteiger partial charge < -0.3 is 15.1 Å². The number of nitrogens with zero attached hydrogens (tertiary/aromatic N) is 2. The van der Waals surface area contributed by atoms with E-state index in [-0.39, 0.29) is 18.5 Å². The normalized spacial score (nSPS) is 30.7. The van der Waals surface area contributed by atoms with E-state index < -0.39 is 11.6 Å². The largest absolute Gasteiger partial charge is 0.325 e. The molecule has 2 N–H and O–H groups in total. The zero-order valence-electron chi connectivity index (χ0n) is 10.8. The fourth-order valence-corrected chi connectivity index (χ4v) is 3.07. The average molecular weight is 266 g/mol. The van der Waals surface area contributed by atoms with Crippen molar-refractivity contribution in [2.24, 2.45) is 0 Å². The number of carbonyl (C=O) groups is 3. The van der Waals surface area contributed by atoms with Crippen molar-refractivity contribution in [3.05, 3.63) is 0 Å². The summed E-state index contributed by atoms with van der Waals surface area (Å²) in [5, 5.41) is 4.90. The second kappa shape index (κ2) is 4.40. The standard InChI is InChI=1S/C12H18N4O3/c17-9-12(14-10(18)13-9)4-7-16(8-12)11(19)15-5-2-1-3-6-15/h1-8H2,(H2,13,14,17,18). The van der Waals surface area contributed by atoms with Gasteiger partial charge in [-0.15, -0.1) is 0 Å². The quantitative estimate of drug-likeness (QED) is 0.600. The predicted molar refractivity (Wildman–Crippen MR) is 66.4 cm³/mol. The first kappa shape index (κ1) is 12.3. The second-order valence-electron chi connectivity index (χ2n) is 5.49. The number of amides is 5. The molecule has 0 saturated carbocycles. The van der Waals surface area contributed by atoms with Crippen molar-refractivity contribution in [3.63, 3.8) is 0 Å². The Labute approximate surface area is 111 Å². The summed E-state index contributed by atoms with van der Waals surface area (Å²) in [5.41, 5.74) is -0.900. The summed E-state index contributed by atoms with van der Waals surface area (Å²) >= 11 is 0. The Morgan fingerprint density at radius 3 is 2.42 bits per heavy atom. The Morgan fingerprint density at radius 2 is 1.79 bits per heavy atom. The minimum absolute atomic E-state index is 0.00877. The highest BCUT2D eigenvalue weighted by Gasteiger charge is 2.52. The molecule has 3 saturated heterocycles. The third-order valence-electron chi connectivity index (χ3n) is 4.18. The van der Waals surface area contributed by atoms with Crippen molar-refractivity contribution in [1.82, 2.24) is 20.4 Å². The van der Waals surface area contributed by atoms with Crippen LogP contribution < -0.4 is 10.6 Å². The van der Waals surface area contributed by atoms with Crippen LogP contribution in [0.3, 0.4) is 0 Å². The molecule has 0 aromatic carbocycles. The van der Waals surface area contributed by atoms with Crippen molar-refractivity contribution in [2.75, 3.05) is 26.2 Å². The smallest absolute Gasteiger partial charge is 0.322 e. The van der Waals surface area contributed by atoms with Crippen molar-refractivity contribution >= 4 is 18.0 Å². The Hall–Kier alpha value is -1.79. The van der Waals surface area contributed by atoms with Gasteiger partial charge in [-0.05, 0) is 25.7 Å². The zero-order valence-corrected chi connectivity index (χ0v) is 10.8. The molecule has 0 aromatic heterocycles. The molecule has 0 aromatic rings. The molecule has 3 rings (SSSR count). The molecule has 0 bridgehead atoms. The highest BCUT2D eigenvalue weighted by atomic mass is 16.2. The van der Waals surface area contributed by atoms with Crippen LogP contribution in [0.5, 0.6) is 0 Å². The van der Waals surface area contributed by atoms with Crippen LogP contribution in [0, 0.1) is 0 Å². The van der Waals surface area contributed by atoms with E-state index >= 15 is 0 Å². The van der Waals surface area contributed by atoms with Crippen molar-refractivity contribution in [2.45, 2.75) is 31.2 Å². The summed E-state index contributed by atoms with van der Waals surface area (Å²) in [5.74, 6) is -0.313. The van der Waals surface area contributed by atoms with Crippen LogP contribution in [0.1, 0.15) is 25.7 Å². The summed E-state index contributed by atoms with van der Waals surface area (Å²) in [4.78, 5) is 38.9. The molecule has 19 heavy (non-hydrogen) atoms. The SMILES string of the molecule is O=C1NC(=O)C2(CCN(C(=O)N3CCCCC3)C2)N1. The summed E-state index contributed by atoms with van der Waals surface area (Å²) in [6, 6.07) is -0.470. The molecular weight excluding hydrogens is 248 g/mol. The fraction of sp³-hybridized carbons (Fsp3) is 0.750. The lowest BCUT2D eigenvalue weighted by molar-refractivity contribution is -0.123. The zero-order chi connectivity index (χ0) is 13.5. The third kappa shape index (κ3) is 2.02. The molecule has 7 nitrogen and oxygen atoms in total.